The van der Waals surface area contributed by atoms with Crippen molar-refractivity contribution in [2.24, 2.45) is 0 Å². The fourth-order valence-electron chi connectivity index (χ4n) is 2.32. The molecule has 0 heterocycles. The summed E-state index contributed by atoms with van der Waals surface area (Å²) in [6, 6.07) is 10.1. The highest BCUT2D eigenvalue weighted by Crippen LogP contribution is 2.30. The zero-order chi connectivity index (χ0) is 15.4. The van der Waals surface area contributed by atoms with Gasteiger partial charge in [0.2, 0.25) is 0 Å². The highest BCUT2D eigenvalue weighted by molar-refractivity contribution is 9.10. The smallest absolute Gasteiger partial charge is 0.127 e. The molecule has 2 aromatic rings. The molecule has 0 atom stereocenters. The van der Waals surface area contributed by atoms with Crippen molar-refractivity contribution in [3.63, 3.8) is 0 Å². The molecule has 21 heavy (non-hydrogen) atoms. The molecule has 0 amide bonds. The Morgan fingerprint density at radius 1 is 1.05 bits per heavy atom. The van der Waals surface area contributed by atoms with Crippen molar-refractivity contribution in [1.29, 1.82) is 0 Å². The van der Waals surface area contributed by atoms with Crippen LogP contribution < -0.4 is 14.8 Å². The van der Waals surface area contributed by atoms with Crippen molar-refractivity contribution in [3.05, 3.63) is 51.5 Å². The first kappa shape index (κ1) is 15.7. The van der Waals surface area contributed by atoms with Crippen molar-refractivity contribution >= 4 is 21.6 Å². The van der Waals surface area contributed by atoms with E-state index in [-0.39, 0.29) is 0 Å². The predicted octanol–water partition coefficient (Wildman–Crippen LogP) is 4.70. The number of rotatable bonds is 5. The molecule has 0 spiro atoms. The number of benzene rings is 2. The molecule has 4 heteroatoms. The standard InChI is InChI=1S/C17H20BrNO2/c1-11-7-12(2)17(15(18)8-11)19-10-13-5-6-14(20-3)9-16(13)21-4/h5-9,19H,10H2,1-4H3. The third-order valence-corrected chi connectivity index (χ3v) is 4.01. The lowest BCUT2D eigenvalue weighted by atomic mass is 10.1. The molecule has 0 saturated carbocycles. The molecule has 3 nitrogen and oxygen atoms in total. The van der Waals surface area contributed by atoms with Crippen molar-refractivity contribution < 1.29 is 9.47 Å². The average Bonchev–Trinajstić information content (AvgIpc) is 2.46. The Labute approximate surface area is 134 Å². The van der Waals surface area contributed by atoms with Gasteiger partial charge in [-0.15, -0.1) is 0 Å². The molecule has 2 rings (SSSR count). The van der Waals surface area contributed by atoms with Crippen LogP contribution in [0.25, 0.3) is 0 Å². The minimum Gasteiger partial charge on any atom is -0.497 e. The second-order valence-electron chi connectivity index (χ2n) is 4.97. The third kappa shape index (κ3) is 3.70. The molecule has 0 aromatic heterocycles. The fraction of sp³-hybridized carbons (Fsp3) is 0.294. The molecule has 112 valence electrons. The summed E-state index contributed by atoms with van der Waals surface area (Å²) in [5.74, 6) is 1.62. The summed E-state index contributed by atoms with van der Waals surface area (Å²) >= 11 is 3.62. The van der Waals surface area contributed by atoms with Crippen molar-refractivity contribution in [1.82, 2.24) is 0 Å². The summed E-state index contributed by atoms with van der Waals surface area (Å²) in [4.78, 5) is 0. The van der Waals surface area contributed by atoms with Crippen LogP contribution in [-0.4, -0.2) is 14.2 Å². The molecule has 0 unspecified atom stereocenters. The normalized spacial score (nSPS) is 10.3. The molecule has 0 aliphatic heterocycles. The van der Waals surface area contributed by atoms with Crippen molar-refractivity contribution in [3.8, 4) is 11.5 Å². The Bertz CT molecular complexity index is 618. The lowest BCUT2D eigenvalue weighted by Crippen LogP contribution is -2.04. The van der Waals surface area contributed by atoms with Crippen LogP contribution in [-0.2, 0) is 6.54 Å². The molecular weight excluding hydrogens is 330 g/mol. The second kappa shape index (κ2) is 6.85. The minimum atomic E-state index is 0.690. The first-order valence-electron chi connectivity index (χ1n) is 6.76. The van der Waals surface area contributed by atoms with Gasteiger partial charge in [-0.25, -0.2) is 0 Å². The fourth-order valence-corrected chi connectivity index (χ4v) is 3.14. The van der Waals surface area contributed by atoms with Gasteiger partial charge in [0.05, 0.1) is 19.9 Å². The summed E-state index contributed by atoms with van der Waals surface area (Å²) in [6.07, 6.45) is 0. The quantitative estimate of drug-likeness (QED) is 0.848. The molecule has 0 bridgehead atoms. The molecule has 0 radical (unpaired) electrons. The van der Waals surface area contributed by atoms with E-state index in [0.29, 0.717) is 6.54 Å². The molecule has 0 fully saturated rings. The van der Waals surface area contributed by atoms with Gasteiger partial charge in [0.1, 0.15) is 11.5 Å². The Morgan fingerprint density at radius 2 is 1.81 bits per heavy atom. The van der Waals surface area contributed by atoms with E-state index in [4.69, 9.17) is 9.47 Å². The van der Waals surface area contributed by atoms with Crippen LogP contribution in [0.3, 0.4) is 0 Å². The first-order valence-corrected chi connectivity index (χ1v) is 7.56. The van der Waals surface area contributed by atoms with Gasteiger partial charge < -0.3 is 14.8 Å². The van der Waals surface area contributed by atoms with E-state index >= 15 is 0 Å². The number of hydrogen-bond acceptors (Lipinski definition) is 3. The van der Waals surface area contributed by atoms with Gasteiger partial charge in [0, 0.05) is 22.6 Å². The van der Waals surface area contributed by atoms with Crippen LogP contribution in [0.4, 0.5) is 5.69 Å². The number of aryl methyl sites for hydroxylation is 2. The van der Waals surface area contributed by atoms with Crippen LogP contribution >= 0.6 is 15.9 Å². The molecule has 0 aliphatic rings. The van der Waals surface area contributed by atoms with Crippen molar-refractivity contribution in [2.45, 2.75) is 20.4 Å². The predicted molar refractivity (Wildman–Crippen MR) is 90.5 cm³/mol. The number of ether oxygens (including phenoxy) is 2. The van der Waals surface area contributed by atoms with E-state index < -0.39 is 0 Å². The van der Waals surface area contributed by atoms with Crippen LogP contribution in [0, 0.1) is 13.8 Å². The number of methoxy groups -OCH3 is 2. The van der Waals surface area contributed by atoms with Gasteiger partial charge >= 0.3 is 0 Å². The van der Waals surface area contributed by atoms with Crippen LogP contribution in [0.2, 0.25) is 0 Å². The Balaban J connectivity index is 2.20. The van der Waals surface area contributed by atoms with Gasteiger partial charge in [0.25, 0.3) is 0 Å². The molecular formula is C17H20BrNO2. The van der Waals surface area contributed by atoms with Gasteiger partial charge in [0.15, 0.2) is 0 Å². The summed E-state index contributed by atoms with van der Waals surface area (Å²) in [6.45, 7) is 4.88. The summed E-state index contributed by atoms with van der Waals surface area (Å²) < 4.78 is 11.7. The maximum Gasteiger partial charge on any atom is 0.127 e. The summed E-state index contributed by atoms with van der Waals surface area (Å²) in [5, 5.41) is 3.47. The number of hydrogen-bond donors (Lipinski definition) is 1. The molecule has 0 saturated heterocycles. The zero-order valence-electron chi connectivity index (χ0n) is 12.8. The number of halogens is 1. The Morgan fingerprint density at radius 3 is 2.43 bits per heavy atom. The SMILES string of the molecule is COc1ccc(CNc2c(C)cc(C)cc2Br)c(OC)c1. The van der Waals surface area contributed by atoms with E-state index in [1.165, 1.54) is 11.1 Å². The van der Waals surface area contributed by atoms with E-state index in [1.807, 2.05) is 18.2 Å². The second-order valence-corrected chi connectivity index (χ2v) is 5.82. The third-order valence-electron chi connectivity index (χ3n) is 3.38. The van der Waals surface area contributed by atoms with E-state index in [2.05, 4.69) is 47.2 Å². The van der Waals surface area contributed by atoms with Gasteiger partial charge in [-0.3, -0.25) is 0 Å². The van der Waals surface area contributed by atoms with Crippen LogP contribution in [0.15, 0.2) is 34.8 Å². The maximum absolute atomic E-state index is 5.42. The summed E-state index contributed by atoms with van der Waals surface area (Å²) in [5.41, 5.74) is 4.66. The lowest BCUT2D eigenvalue weighted by Gasteiger charge is -2.15. The molecule has 2 aromatic carbocycles. The minimum absolute atomic E-state index is 0.690. The van der Waals surface area contributed by atoms with Crippen molar-refractivity contribution in [2.75, 3.05) is 19.5 Å². The largest absolute Gasteiger partial charge is 0.497 e. The van der Waals surface area contributed by atoms with Gasteiger partial charge in [-0.05, 0) is 59.1 Å². The van der Waals surface area contributed by atoms with Gasteiger partial charge in [-0.1, -0.05) is 6.07 Å². The Kier molecular flexibility index (Phi) is 5.12. The average molecular weight is 350 g/mol. The Hall–Kier alpha value is -1.68. The monoisotopic (exact) mass is 349 g/mol. The van der Waals surface area contributed by atoms with Crippen LogP contribution in [0.5, 0.6) is 11.5 Å². The van der Waals surface area contributed by atoms with E-state index in [1.54, 1.807) is 14.2 Å². The molecule has 1 N–H and O–H groups in total. The lowest BCUT2D eigenvalue weighted by molar-refractivity contribution is 0.391. The van der Waals surface area contributed by atoms with E-state index in [0.717, 1.165) is 27.2 Å². The number of anilines is 1. The highest BCUT2D eigenvalue weighted by Gasteiger charge is 2.08. The zero-order valence-corrected chi connectivity index (χ0v) is 14.4. The van der Waals surface area contributed by atoms with Gasteiger partial charge in [-0.2, -0.15) is 0 Å². The topological polar surface area (TPSA) is 30.5 Å². The first-order chi connectivity index (χ1) is 10.0. The van der Waals surface area contributed by atoms with E-state index in [9.17, 15) is 0 Å². The molecule has 0 aliphatic carbocycles. The van der Waals surface area contributed by atoms with Crippen LogP contribution in [0.1, 0.15) is 16.7 Å². The number of nitrogens with one attached hydrogen (secondary N) is 1. The highest BCUT2D eigenvalue weighted by atomic mass is 79.9. The summed E-state index contributed by atoms with van der Waals surface area (Å²) in [7, 11) is 3.32. The maximum atomic E-state index is 5.42.